The van der Waals surface area contributed by atoms with Gasteiger partial charge >= 0.3 is 0 Å². The van der Waals surface area contributed by atoms with Gasteiger partial charge in [0.1, 0.15) is 5.69 Å². The normalized spacial score (nSPS) is 15.0. The molecule has 32 heavy (non-hydrogen) atoms. The molecule has 162 valence electrons. The fraction of sp³-hybridized carbons (Fsp3) is 0.296. The largest absolute Gasteiger partial charge is 0.353 e. The first kappa shape index (κ1) is 20.4. The Morgan fingerprint density at radius 3 is 2.59 bits per heavy atom. The van der Waals surface area contributed by atoms with Crippen molar-refractivity contribution in [3.8, 4) is 0 Å². The molecule has 0 fully saturated rings. The number of pyridine rings is 1. The highest BCUT2D eigenvalue weighted by Gasteiger charge is 2.31. The van der Waals surface area contributed by atoms with Crippen molar-refractivity contribution in [3.63, 3.8) is 0 Å². The zero-order valence-electron chi connectivity index (χ0n) is 18.7. The van der Waals surface area contributed by atoms with Gasteiger partial charge in [0.05, 0.1) is 5.52 Å². The molecule has 0 atom stereocenters. The molecule has 1 aliphatic carbocycles. The summed E-state index contributed by atoms with van der Waals surface area (Å²) in [7, 11) is 0. The van der Waals surface area contributed by atoms with E-state index in [1.54, 1.807) is 24.3 Å². The lowest BCUT2D eigenvalue weighted by molar-refractivity contribution is -0.115. The Morgan fingerprint density at radius 2 is 1.84 bits per heavy atom. The topological polar surface area (TPSA) is 74.8 Å². The summed E-state index contributed by atoms with van der Waals surface area (Å²) in [4.78, 5) is 33.7. The van der Waals surface area contributed by atoms with Crippen LogP contribution in [-0.4, -0.2) is 21.7 Å². The molecule has 1 amide bonds. The molecule has 0 bridgehead atoms. The summed E-state index contributed by atoms with van der Waals surface area (Å²) in [5.74, 6) is -0.163. The number of para-hydroxylation sites is 1. The number of ketones is 1. The van der Waals surface area contributed by atoms with E-state index in [-0.39, 0.29) is 17.1 Å². The number of aryl methyl sites for hydroxylation is 1. The lowest BCUT2D eigenvalue weighted by Crippen LogP contribution is -2.24. The van der Waals surface area contributed by atoms with Gasteiger partial charge in [-0.05, 0) is 60.6 Å². The van der Waals surface area contributed by atoms with E-state index in [9.17, 15) is 9.59 Å². The lowest BCUT2D eigenvalue weighted by atomic mass is 9.75. The fourth-order valence-corrected chi connectivity index (χ4v) is 4.71. The summed E-state index contributed by atoms with van der Waals surface area (Å²) in [5, 5.41) is 5.10. The fourth-order valence-electron chi connectivity index (χ4n) is 4.71. The third-order valence-electron chi connectivity index (χ3n) is 6.50. The molecule has 1 aliphatic rings. The van der Waals surface area contributed by atoms with Crippen molar-refractivity contribution < 1.29 is 9.59 Å². The zero-order chi connectivity index (χ0) is 22.5. The molecule has 5 rings (SSSR count). The van der Waals surface area contributed by atoms with E-state index in [2.05, 4.69) is 30.2 Å². The minimum atomic E-state index is -0.110. The number of amides is 1. The van der Waals surface area contributed by atoms with Gasteiger partial charge in [0.2, 0.25) is 11.7 Å². The number of H-pyrrole nitrogens is 1. The van der Waals surface area contributed by atoms with Gasteiger partial charge in [0, 0.05) is 39.7 Å². The Bertz CT molecular complexity index is 1360. The number of carbonyl (C=O) groups excluding carboxylic acids is 2. The summed E-state index contributed by atoms with van der Waals surface area (Å²) in [5.41, 5.74) is 6.02. The number of rotatable bonds is 4. The van der Waals surface area contributed by atoms with Crippen molar-refractivity contribution in [2.24, 2.45) is 5.41 Å². The molecule has 5 nitrogen and oxygen atoms in total. The number of anilines is 1. The predicted molar refractivity (Wildman–Crippen MR) is 128 cm³/mol. The van der Waals surface area contributed by atoms with Gasteiger partial charge in [-0.2, -0.15) is 0 Å². The summed E-state index contributed by atoms with van der Waals surface area (Å²) < 4.78 is 0. The SMILES string of the molecule is CCC(=O)Nc1ccc(C(=O)c2nc3c(c4c2[nH]c2ccccc24)CCC(C)(C)C3)cc1. The minimum absolute atomic E-state index is 0.0529. The first-order valence-electron chi connectivity index (χ1n) is 11.2. The van der Waals surface area contributed by atoms with Crippen LogP contribution in [0, 0.1) is 5.41 Å². The first-order valence-corrected chi connectivity index (χ1v) is 11.2. The molecule has 4 aromatic rings. The van der Waals surface area contributed by atoms with E-state index < -0.39 is 0 Å². The van der Waals surface area contributed by atoms with Crippen LogP contribution in [0.1, 0.15) is 60.9 Å². The van der Waals surface area contributed by atoms with E-state index in [4.69, 9.17) is 4.98 Å². The van der Waals surface area contributed by atoms with E-state index in [0.29, 0.717) is 23.4 Å². The van der Waals surface area contributed by atoms with Gasteiger partial charge in [-0.1, -0.05) is 39.0 Å². The van der Waals surface area contributed by atoms with E-state index in [0.717, 1.165) is 46.8 Å². The second-order valence-corrected chi connectivity index (χ2v) is 9.46. The van der Waals surface area contributed by atoms with Gasteiger partial charge in [-0.25, -0.2) is 4.98 Å². The van der Waals surface area contributed by atoms with Crippen LogP contribution in [0.5, 0.6) is 0 Å². The van der Waals surface area contributed by atoms with Crippen LogP contribution in [0.2, 0.25) is 0 Å². The number of hydrogen-bond donors (Lipinski definition) is 2. The van der Waals surface area contributed by atoms with Gasteiger partial charge in [0.15, 0.2) is 0 Å². The third kappa shape index (κ3) is 3.48. The van der Waals surface area contributed by atoms with E-state index in [1.165, 1.54) is 5.56 Å². The highest BCUT2D eigenvalue weighted by Crippen LogP contribution is 2.40. The number of carbonyl (C=O) groups is 2. The molecule has 2 aromatic heterocycles. The lowest BCUT2D eigenvalue weighted by Gasteiger charge is -2.31. The van der Waals surface area contributed by atoms with Crippen molar-refractivity contribution in [3.05, 3.63) is 71.0 Å². The zero-order valence-corrected chi connectivity index (χ0v) is 18.7. The number of aromatic nitrogens is 2. The third-order valence-corrected chi connectivity index (χ3v) is 6.50. The number of aromatic amines is 1. The molecule has 0 saturated carbocycles. The van der Waals surface area contributed by atoms with Gasteiger partial charge in [-0.3, -0.25) is 9.59 Å². The van der Waals surface area contributed by atoms with Gasteiger partial charge in [0.25, 0.3) is 0 Å². The van der Waals surface area contributed by atoms with Crippen molar-refractivity contribution in [2.45, 2.75) is 46.5 Å². The highest BCUT2D eigenvalue weighted by molar-refractivity contribution is 6.20. The van der Waals surface area contributed by atoms with Gasteiger partial charge in [-0.15, -0.1) is 0 Å². The Labute approximate surface area is 187 Å². The summed E-state index contributed by atoms with van der Waals surface area (Å²) >= 11 is 0. The molecular formula is C27H27N3O2. The molecular weight excluding hydrogens is 398 g/mol. The molecule has 0 spiro atoms. The quantitative estimate of drug-likeness (QED) is 0.405. The molecule has 2 N–H and O–H groups in total. The Hall–Kier alpha value is -3.47. The maximum absolute atomic E-state index is 13.6. The standard InChI is InChI=1S/C27H27N3O2/c1-4-22(31)28-17-11-9-16(10-12-17)26(32)25-24-23(18-7-5-6-8-20(18)29-24)19-13-14-27(2,3)15-21(19)30-25/h5-12,29H,4,13-15H2,1-3H3,(H,28,31). The number of benzene rings is 2. The van der Waals surface area contributed by atoms with Gasteiger partial charge < -0.3 is 10.3 Å². The molecule has 5 heteroatoms. The molecule has 0 unspecified atom stereocenters. The van der Waals surface area contributed by atoms with Crippen LogP contribution in [0.3, 0.4) is 0 Å². The molecule has 2 heterocycles. The van der Waals surface area contributed by atoms with Crippen LogP contribution < -0.4 is 5.32 Å². The Morgan fingerprint density at radius 1 is 1.09 bits per heavy atom. The number of hydrogen-bond acceptors (Lipinski definition) is 3. The van der Waals surface area contributed by atoms with Crippen molar-refractivity contribution in [2.75, 3.05) is 5.32 Å². The number of nitrogens with zero attached hydrogens (tertiary/aromatic N) is 1. The molecule has 0 radical (unpaired) electrons. The van der Waals surface area contributed by atoms with Crippen LogP contribution in [0.15, 0.2) is 48.5 Å². The van der Waals surface area contributed by atoms with E-state index >= 15 is 0 Å². The Balaban J connectivity index is 1.65. The Kier molecular flexibility index (Phi) is 4.85. The highest BCUT2D eigenvalue weighted by atomic mass is 16.1. The van der Waals surface area contributed by atoms with Crippen molar-refractivity contribution in [1.29, 1.82) is 0 Å². The number of nitrogens with one attached hydrogen (secondary N) is 2. The molecule has 2 aromatic carbocycles. The second kappa shape index (κ2) is 7.59. The average molecular weight is 426 g/mol. The maximum Gasteiger partial charge on any atom is 0.224 e. The van der Waals surface area contributed by atoms with Crippen LogP contribution in [0.4, 0.5) is 5.69 Å². The molecule has 0 aliphatic heterocycles. The van der Waals surface area contributed by atoms with Crippen molar-refractivity contribution in [1.82, 2.24) is 9.97 Å². The second-order valence-electron chi connectivity index (χ2n) is 9.46. The maximum atomic E-state index is 13.6. The summed E-state index contributed by atoms with van der Waals surface area (Å²) in [6, 6.07) is 15.3. The minimum Gasteiger partial charge on any atom is -0.353 e. The van der Waals surface area contributed by atoms with Crippen LogP contribution >= 0.6 is 0 Å². The van der Waals surface area contributed by atoms with Crippen molar-refractivity contribution >= 4 is 39.2 Å². The predicted octanol–water partition coefficient (Wildman–Crippen LogP) is 5.81. The van der Waals surface area contributed by atoms with E-state index in [1.807, 2.05) is 25.1 Å². The van der Waals surface area contributed by atoms with Crippen LogP contribution in [-0.2, 0) is 17.6 Å². The first-order chi connectivity index (χ1) is 15.4. The monoisotopic (exact) mass is 425 g/mol. The number of fused-ring (bicyclic) bond motifs is 5. The summed E-state index contributed by atoms with van der Waals surface area (Å²) in [6.45, 7) is 6.34. The van der Waals surface area contributed by atoms with Crippen LogP contribution in [0.25, 0.3) is 21.8 Å². The average Bonchev–Trinajstić information content (AvgIpc) is 3.17. The summed E-state index contributed by atoms with van der Waals surface area (Å²) in [6.07, 6.45) is 3.34. The molecule has 0 saturated heterocycles. The smallest absolute Gasteiger partial charge is 0.224 e.